The minimum atomic E-state index is -4.72. The highest BCUT2D eigenvalue weighted by molar-refractivity contribution is 7.91. The van der Waals surface area contributed by atoms with Crippen molar-refractivity contribution in [3.63, 3.8) is 0 Å². The number of benzene rings is 1. The monoisotopic (exact) mass is 472 g/mol. The first-order chi connectivity index (χ1) is 14.5. The molecule has 7 nitrogen and oxygen atoms in total. The van der Waals surface area contributed by atoms with Gasteiger partial charge in [-0.2, -0.15) is 17.9 Å². The van der Waals surface area contributed by atoms with E-state index in [1.54, 1.807) is 37.3 Å². The number of carboxylic acids is 1. The Morgan fingerprint density at radius 3 is 2.48 bits per heavy atom. The molecule has 1 fully saturated rings. The maximum absolute atomic E-state index is 12.9. The molecule has 12 heteroatoms. The number of nitrogens with zero attached hydrogens (tertiary/aromatic N) is 1. The highest BCUT2D eigenvalue weighted by atomic mass is 32.2. The van der Waals surface area contributed by atoms with E-state index in [2.05, 4.69) is 14.4 Å². The van der Waals surface area contributed by atoms with Crippen LogP contribution in [0.2, 0.25) is 0 Å². The highest BCUT2D eigenvalue weighted by Gasteiger charge is 2.70. The number of alkyl halides is 3. The molecule has 0 amide bonds. The first kappa shape index (κ1) is 21.5. The van der Waals surface area contributed by atoms with Gasteiger partial charge < -0.3 is 9.63 Å². The van der Waals surface area contributed by atoms with Gasteiger partial charge in [0.05, 0.1) is 4.88 Å². The predicted octanol–water partition coefficient (Wildman–Crippen LogP) is 3.96. The van der Waals surface area contributed by atoms with Crippen LogP contribution in [0.15, 0.2) is 57.3 Å². The Kier molecular flexibility index (Phi) is 4.98. The number of hydrogen-bond donors (Lipinski definition) is 2. The van der Waals surface area contributed by atoms with E-state index in [1.807, 2.05) is 0 Å². The van der Waals surface area contributed by atoms with Crippen molar-refractivity contribution in [2.24, 2.45) is 5.92 Å². The summed E-state index contributed by atoms with van der Waals surface area (Å²) < 4.78 is 70.3. The van der Waals surface area contributed by atoms with E-state index in [0.29, 0.717) is 23.0 Å². The van der Waals surface area contributed by atoms with E-state index in [9.17, 15) is 31.5 Å². The number of carbonyl (C=O) groups is 1. The minimum Gasteiger partial charge on any atom is -0.480 e. The lowest BCUT2D eigenvalue weighted by molar-refractivity contribution is -0.155. The van der Waals surface area contributed by atoms with Crippen LogP contribution in [0.1, 0.15) is 24.2 Å². The van der Waals surface area contributed by atoms with E-state index >= 15 is 0 Å². The van der Waals surface area contributed by atoms with Crippen molar-refractivity contribution >= 4 is 27.3 Å². The van der Waals surface area contributed by atoms with E-state index in [0.717, 1.165) is 0 Å². The average molecular weight is 472 g/mol. The zero-order valence-electron chi connectivity index (χ0n) is 15.8. The number of rotatable bonds is 6. The van der Waals surface area contributed by atoms with E-state index < -0.39 is 45.3 Å². The molecular formula is C19H15F3N2O5S2. The molecule has 3 atom stereocenters. The fraction of sp³-hybridized carbons (Fsp3) is 0.263. The van der Waals surface area contributed by atoms with Gasteiger partial charge in [-0.15, -0.1) is 11.3 Å². The number of carboxylic acid groups (broad SMARTS) is 1. The van der Waals surface area contributed by atoms with Crippen molar-refractivity contribution in [1.82, 2.24) is 9.88 Å². The molecule has 2 heterocycles. The Balaban J connectivity index is 1.62. The van der Waals surface area contributed by atoms with Gasteiger partial charge in [-0.1, -0.05) is 42.4 Å². The second-order valence-electron chi connectivity index (χ2n) is 7.15. The first-order valence-electron chi connectivity index (χ1n) is 8.93. The first-order valence-corrected chi connectivity index (χ1v) is 11.2. The van der Waals surface area contributed by atoms with Gasteiger partial charge >= 0.3 is 12.1 Å². The van der Waals surface area contributed by atoms with Gasteiger partial charge in [0.25, 0.3) is 10.0 Å². The maximum atomic E-state index is 12.9. The van der Waals surface area contributed by atoms with E-state index in [1.165, 1.54) is 12.1 Å². The van der Waals surface area contributed by atoms with E-state index in [-0.39, 0.29) is 14.8 Å². The van der Waals surface area contributed by atoms with Crippen LogP contribution in [0.4, 0.5) is 13.2 Å². The standard InChI is InChI=1S/C19H15F3N2O5S2/c1-10-16(11-5-3-2-4-6-11)18(10,17(25)26)24-31(27,28)15-8-7-13(30-15)12-9-14(29-23-12)19(20,21)22/h2-10,16,24H,1H3,(H,25,26)/t10-,16-,18+/m1/s1. The molecule has 1 aromatic carbocycles. The summed E-state index contributed by atoms with van der Waals surface area (Å²) >= 11 is 0.662. The fourth-order valence-electron chi connectivity index (χ4n) is 3.70. The molecule has 0 aliphatic heterocycles. The van der Waals surface area contributed by atoms with Crippen LogP contribution in [0, 0.1) is 5.92 Å². The number of aliphatic carboxylic acids is 1. The van der Waals surface area contributed by atoms with Crippen LogP contribution in [-0.2, 0) is 21.0 Å². The quantitative estimate of drug-likeness (QED) is 0.562. The van der Waals surface area contributed by atoms with Gasteiger partial charge in [-0.3, -0.25) is 4.79 Å². The number of halogens is 3. The van der Waals surface area contributed by atoms with Crippen LogP contribution in [0.25, 0.3) is 10.6 Å². The highest BCUT2D eigenvalue weighted by Crippen LogP contribution is 2.58. The maximum Gasteiger partial charge on any atom is 0.452 e. The molecule has 0 spiro atoms. The number of hydrogen-bond acceptors (Lipinski definition) is 6. The molecule has 1 aliphatic rings. The molecule has 0 saturated heterocycles. The van der Waals surface area contributed by atoms with Crippen molar-refractivity contribution in [3.8, 4) is 10.6 Å². The molecule has 1 saturated carbocycles. The summed E-state index contributed by atoms with van der Waals surface area (Å²) in [6.07, 6.45) is -4.72. The zero-order valence-corrected chi connectivity index (χ0v) is 17.4. The van der Waals surface area contributed by atoms with Crippen LogP contribution >= 0.6 is 11.3 Å². The van der Waals surface area contributed by atoms with Gasteiger partial charge in [0.2, 0.25) is 5.76 Å². The third kappa shape index (κ3) is 3.64. The second kappa shape index (κ2) is 7.18. The second-order valence-corrected chi connectivity index (χ2v) is 10.1. The zero-order chi connectivity index (χ0) is 22.6. The predicted molar refractivity (Wildman–Crippen MR) is 104 cm³/mol. The Labute approximate surface area is 178 Å². The molecule has 0 bridgehead atoms. The summed E-state index contributed by atoms with van der Waals surface area (Å²) in [6, 6.07) is 11.8. The Morgan fingerprint density at radius 2 is 1.90 bits per heavy atom. The molecule has 31 heavy (non-hydrogen) atoms. The minimum absolute atomic E-state index is 0.132. The summed E-state index contributed by atoms with van der Waals surface area (Å²) in [5, 5.41) is 13.2. The SMILES string of the molecule is C[C@@H]1[C@H](c2ccccc2)[C@]1(NS(=O)(=O)c1ccc(-c2cc(C(F)(F)F)on2)s1)C(=O)O. The average Bonchev–Trinajstić information content (AvgIpc) is 3.13. The molecule has 1 aliphatic carbocycles. The lowest BCUT2D eigenvalue weighted by atomic mass is 10.1. The summed E-state index contributed by atoms with van der Waals surface area (Å²) in [5.74, 6) is -3.68. The fourth-order valence-corrected chi connectivity index (χ4v) is 6.42. The smallest absolute Gasteiger partial charge is 0.452 e. The lowest BCUT2D eigenvalue weighted by Crippen LogP contribution is -2.45. The Hall–Kier alpha value is -2.70. The summed E-state index contributed by atoms with van der Waals surface area (Å²) in [5.41, 5.74) is -1.20. The number of aromatic nitrogens is 1. The van der Waals surface area contributed by atoms with Crippen molar-refractivity contribution in [2.45, 2.75) is 28.8 Å². The van der Waals surface area contributed by atoms with Crippen LogP contribution in [-0.4, -0.2) is 30.2 Å². The van der Waals surface area contributed by atoms with Crippen LogP contribution < -0.4 is 4.72 Å². The third-order valence-electron chi connectivity index (χ3n) is 5.30. The molecule has 0 unspecified atom stereocenters. The molecule has 2 N–H and O–H groups in total. The number of sulfonamides is 1. The van der Waals surface area contributed by atoms with Gasteiger partial charge in [0, 0.05) is 12.0 Å². The lowest BCUT2D eigenvalue weighted by Gasteiger charge is -2.15. The Bertz CT molecular complexity index is 1240. The van der Waals surface area contributed by atoms with Crippen molar-refractivity contribution in [1.29, 1.82) is 0 Å². The molecule has 3 aromatic rings. The normalized spacial score (nSPS) is 23.6. The topological polar surface area (TPSA) is 110 Å². The summed E-state index contributed by atoms with van der Waals surface area (Å²) in [6.45, 7) is 1.64. The molecule has 164 valence electrons. The van der Waals surface area contributed by atoms with Crippen molar-refractivity contribution in [3.05, 3.63) is 59.9 Å². The largest absolute Gasteiger partial charge is 0.480 e. The molecule has 4 rings (SSSR count). The molecule has 2 aromatic heterocycles. The third-order valence-corrected chi connectivity index (χ3v) is 8.39. The van der Waals surface area contributed by atoms with Crippen LogP contribution in [0.5, 0.6) is 0 Å². The van der Waals surface area contributed by atoms with Gasteiger partial charge in [0.1, 0.15) is 15.4 Å². The van der Waals surface area contributed by atoms with E-state index in [4.69, 9.17) is 0 Å². The van der Waals surface area contributed by atoms with Crippen LogP contribution in [0.3, 0.4) is 0 Å². The van der Waals surface area contributed by atoms with Gasteiger partial charge in [-0.25, -0.2) is 8.42 Å². The van der Waals surface area contributed by atoms with Gasteiger partial charge in [0.15, 0.2) is 0 Å². The number of thiophene rings is 1. The summed E-state index contributed by atoms with van der Waals surface area (Å²) in [7, 11) is -4.28. The van der Waals surface area contributed by atoms with Crippen molar-refractivity contribution < 1.29 is 36.0 Å². The van der Waals surface area contributed by atoms with Gasteiger partial charge in [-0.05, 0) is 23.6 Å². The Morgan fingerprint density at radius 1 is 1.23 bits per heavy atom. The molecule has 0 radical (unpaired) electrons. The number of nitrogens with one attached hydrogen (secondary N) is 1. The molecular weight excluding hydrogens is 457 g/mol. The summed E-state index contributed by atoms with van der Waals surface area (Å²) in [4.78, 5) is 12.2. The van der Waals surface area contributed by atoms with Crippen molar-refractivity contribution in [2.75, 3.05) is 0 Å².